The van der Waals surface area contributed by atoms with Gasteiger partial charge in [0.2, 0.25) is 10.0 Å². The van der Waals surface area contributed by atoms with Crippen LogP contribution < -0.4 is 15.8 Å². The van der Waals surface area contributed by atoms with E-state index < -0.39 is 10.0 Å². The second-order valence-corrected chi connectivity index (χ2v) is 7.56. The van der Waals surface area contributed by atoms with Crippen LogP contribution in [0.3, 0.4) is 0 Å². The van der Waals surface area contributed by atoms with E-state index in [1.165, 1.54) is 6.07 Å². The summed E-state index contributed by atoms with van der Waals surface area (Å²) in [5.74, 6) is -0.273. The zero-order valence-electron chi connectivity index (χ0n) is 12.1. The molecule has 0 atom stereocenters. The van der Waals surface area contributed by atoms with E-state index in [1.807, 2.05) is 0 Å². The van der Waals surface area contributed by atoms with Crippen LogP contribution in [0.25, 0.3) is 0 Å². The Hall–Kier alpha value is -0.670. The summed E-state index contributed by atoms with van der Waals surface area (Å²) in [6, 6.07) is 3.13. The minimum atomic E-state index is -3.87. The van der Waals surface area contributed by atoms with Crippen LogP contribution in [-0.4, -0.2) is 33.5 Å². The molecule has 9 heteroatoms. The Labute approximate surface area is 144 Å². The number of primary sulfonamides is 1. The molecule has 0 saturated carbocycles. The monoisotopic (exact) mass is 411 g/mol. The Balaban J connectivity index is 0.00000242. The molecule has 0 aliphatic carbocycles. The van der Waals surface area contributed by atoms with Gasteiger partial charge in [0.25, 0.3) is 5.91 Å². The highest BCUT2D eigenvalue weighted by Gasteiger charge is 2.22. The summed E-state index contributed by atoms with van der Waals surface area (Å²) in [6.45, 7) is 3.32. The maximum atomic E-state index is 12.4. The van der Waals surface area contributed by atoms with Gasteiger partial charge in [-0.25, -0.2) is 13.6 Å². The third kappa shape index (κ3) is 4.66. The SMILES string of the molecule is Cc1c(C(=O)NC2CCNCC2)cc(Br)cc1S(N)(=O)=O.Cl. The maximum Gasteiger partial charge on any atom is 0.251 e. The van der Waals surface area contributed by atoms with Crippen molar-refractivity contribution in [2.24, 2.45) is 5.14 Å². The number of carbonyl (C=O) groups is 1. The highest BCUT2D eigenvalue weighted by atomic mass is 79.9. The molecule has 1 aliphatic heterocycles. The largest absolute Gasteiger partial charge is 0.349 e. The molecule has 0 aromatic heterocycles. The van der Waals surface area contributed by atoms with Crippen molar-refractivity contribution in [3.63, 3.8) is 0 Å². The van der Waals surface area contributed by atoms with Gasteiger partial charge in [0.05, 0.1) is 4.90 Å². The van der Waals surface area contributed by atoms with Crippen LogP contribution in [0.2, 0.25) is 0 Å². The summed E-state index contributed by atoms with van der Waals surface area (Å²) < 4.78 is 23.7. The second kappa shape index (κ2) is 7.74. The molecule has 0 bridgehead atoms. The van der Waals surface area contributed by atoms with E-state index in [-0.39, 0.29) is 29.3 Å². The lowest BCUT2D eigenvalue weighted by atomic mass is 10.0. The first-order chi connectivity index (χ1) is 9.79. The standard InChI is InChI=1S/C13H18BrN3O3S.ClH/c1-8-11(6-9(14)7-12(8)21(15,19)20)13(18)17-10-2-4-16-5-3-10;/h6-7,10,16H,2-5H2,1H3,(H,17,18)(H2,15,19,20);1H. The molecule has 1 aromatic rings. The van der Waals surface area contributed by atoms with Gasteiger partial charge in [-0.1, -0.05) is 15.9 Å². The molecular weight excluding hydrogens is 394 g/mol. The molecule has 22 heavy (non-hydrogen) atoms. The molecule has 0 radical (unpaired) electrons. The summed E-state index contributed by atoms with van der Waals surface area (Å²) >= 11 is 3.22. The summed E-state index contributed by atoms with van der Waals surface area (Å²) in [5.41, 5.74) is 0.694. The van der Waals surface area contributed by atoms with Crippen molar-refractivity contribution in [3.8, 4) is 0 Å². The molecule has 0 unspecified atom stereocenters. The van der Waals surface area contributed by atoms with E-state index in [0.717, 1.165) is 25.9 Å². The normalized spacial score (nSPS) is 16.0. The molecule has 124 valence electrons. The fraction of sp³-hybridized carbons (Fsp3) is 0.462. The number of halogens is 2. The molecule has 1 fully saturated rings. The number of nitrogens with two attached hydrogens (primary N) is 1. The summed E-state index contributed by atoms with van der Waals surface area (Å²) in [7, 11) is -3.87. The van der Waals surface area contributed by atoms with Crippen molar-refractivity contribution >= 4 is 44.3 Å². The number of hydrogen-bond acceptors (Lipinski definition) is 4. The van der Waals surface area contributed by atoms with Crippen LogP contribution in [0.4, 0.5) is 0 Å². The van der Waals surface area contributed by atoms with Crippen LogP contribution in [0.1, 0.15) is 28.8 Å². The van der Waals surface area contributed by atoms with Gasteiger partial charge in [0.15, 0.2) is 0 Å². The molecule has 1 heterocycles. The van der Waals surface area contributed by atoms with Gasteiger partial charge in [-0.05, 0) is 50.6 Å². The minimum Gasteiger partial charge on any atom is -0.349 e. The lowest BCUT2D eigenvalue weighted by molar-refractivity contribution is 0.0928. The fourth-order valence-corrected chi connectivity index (χ4v) is 3.85. The number of sulfonamides is 1. The first-order valence-corrected chi connectivity index (χ1v) is 8.97. The summed E-state index contributed by atoms with van der Waals surface area (Å²) in [4.78, 5) is 12.3. The quantitative estimate of drug-likeness (QED) is 0.696. The molecule has 1 aliphatic rings. The fourth-order valence-electron chi connectivity index (χ4n) is 2.41. The van der Waals surface area contributed by atoms with Crippen LogP contribution >= 0.6 is 28.3 Å². The van der Waals surface area contributed by atoms with E-state index in [1.54, 1.807) is 13.0 Å². The average molecular weight is 413 g/mol. The predicted molar refractivity (Wildman–Crippen MR) is 90.9 cm³/mol. The number of benzene rings is 1. The van der Waals surface area contributed by atoms with Crippen LogP contribution in [-0.2, 0) is 10.0 Å². The Morgan fingerprint density at radius 1 is 1.36 bits per heavy atom. The van der Waals surface area contributed by atoms with Crippen molar-refractivity contribution < 1.29 is 13.2 Å². The predicted octanol–water partition coefficient (Wildman–Crippen LogP) is 1.31. The van der Waals surface area contributed by atoms with Crippen LogP contribution in [0.5, 0.6) is 0 Å². The van der Waals surface area contributed by atoms with E-state index >= 15 is 0 Å². The number of rotatable bonds is 3. The topological polar surface area (TPSA) is 101 Å². The van der Waals surface area contributed by atoms with Crippen molar-refractivity contribution in [2.75, 3.05) is 13.1 Å². The van der Waals surface area contributed by atoms with E-state index in [2.05, 4.69) is 26.6 Å². The van der Waals surface area contributed by atoms with Gasteiger partial charge < -0.3 is 10.6 Å². The van der Waals surface area contributed by atoms with Crippen molar-refractivity contribution in [3.05, 3.63) is 27.7 Å². The summed E-state index contributed by atoms with van der Waals surface area (Å²) in [6.07, 6.45) is 1.72. The number of amides is 1. The van der Waals surface area contributed by atoms with Gasteiger partial charge in [-0.3, -0.25) is 4.79 Å². The van der Waals surface area contributed by atoms with Gasteiger partial charge >= 0.3 is 0 Å². The van der Waals surface area contributed by atoms with Crippen molar-refractivity contribution in [1.29, 1.82) is 0 Å². The molecule has 2 rings (SSSR count). The van der Waals surface area contributed by atoms with Gasteiger partial charge in [0, 0.05) is 16.1 Å². The number of piperidine rings is 1. The van der Waals surface area contributed by atoms with Gasteiger partial charge in [-0.15, -0.1) is 12.4 Å². The van der Waals surface area contributed by atoms with Crippen molar-refractivity contribution in [1.82, 2.24) is 10.6 Å². The van der Waals surface area contributed by atoms with Gasteiger partial charge in [0.1, 0.15) is 0 Å². The molecule has 1 aromatic carbocycles. The van der Waals surface area contributed by atoms with Crippen LogP contribution in [0, 0.1) is 6.92 Å². The Morgan fingerprint density at radius 3 is 2.50 bits per heavy atom. The Bertz CT molecular complexity index is 661. The highest BCUT2D eigenvalue weighted by molar-refractivity contribution is 9.10. The first kappa shape index (κ1) is 19.4. The molecule has 4 N–H and O–H groups in total. The average Bonchev–Trinajstić information content (AvgIpc) is 2.40. The minimum absolute atomic E-state index is 0. The highest BCUT2D eigenvalue weighted by Crippen LogP contribution is 2.24. The maximum absolute atomic E-state index is 12.4. The smallest absolute Gasteiger partial charge is 0.251 e. The molecule has 1 saturated heterocycles. The molecule has 6 nitrogen and oxygen atoms in total. The Morgan fingerprint density at radius 2 is 1.95 bits per heavy atom. The van der Waals surface area contributed by atoms with E-state index in [9.17, 15) is 13.2 Å². The third-order valence-corrected chi connectivity index (χ3v) is 5.05. The molecule has 0 spiro atoms. The second-order valence-electron chi connectivity index (χ2n) is 5.12. The molecular formula is C13H19BrClN3O3S. The number of hydrogen-bond donors (Lipinski definition) is 3. The first-order valence-electron chi connectivity index (χ1n) is 6.63. The molecule has 1 amide bonds. The van der Waals surface area contributed by atoms with Gasteiger partial charge in [-0.2, -0.15) is 0 Å². The van der Waals surface area contributed by atoms with E-state index in [0.29, 0.717) is 15.6 Å². The lowest BCUT2D eigenvalue weighted by Gasteiger charge is -2.24. The van der Waals surface area contributed by atoms with Crippen molar-refractivity contribution in [2.45, 2.75) is 30.7 Å². The van der Waals surface area contributed by atoms with Crippen LogP contribution in [0.15, 0.2) is 21.5 Å². The number of carbonyl (C=O) groups excluding carboxylic acids is 1. The zero-order chi connectivity index (χ0) is 15.6. The lowest BCUT2D eigenvalue weighted by Crippen LogP contribution is -2.43. The zero-order valence-corrected chi connectivity index (χ0v) is 15.3. The third-order valence-electron chi connectivity index (χ3n) is 3.55. The van der Waals surface area contributed by atoms with E-state index in [4.69, 9.17) is 5.14 Å². The number of nitrogens with one attached hydrogen (secondary N) is 2. The summed E-state index contributed by atoms with van der Waals surface area (Å²) in [5, 5.41) is 11.4. The Kier molecular flexibility index (Phi) is 6.82.